The van der Waals surface area contributed by atoms with Crippen molar-refractivity contribution in [1.82, 2.24) is 10.3 Å². The van der Waals surface area contributed by atoms with E-state index in [4.69, 9.17) is 11.6 Å². The summed E-state index contributed by atoms with van der Waals surface area (Å²) in [7, 11) is 0. The Morgan fingerprint density at radius 3 is 2.41 bits per heavy atom. The summed E-state index contributed by atoms with van der Waals surface area (Å²) >= 11 is 5.64. The fraction of sp³-hybridized carbons (Fsp3) is 0.235. The Balaban J connectivity index is 1.73. The van der Waals surface area contributed by atoms with Gasteiger partial charge < -0.3 is 10.6 Å². The van der Waals surface area contributed by atoms with E-state index in [-0.39, 0.29) is 11.7 Å². The number of nitrogens with zero attached hydrogens (tertiary/aromatic N) is 1. The van der Waals surface area contributed by atoms with E-state index < -0.39 is 51.7 Å². The number of rotatable bonds is 4. The molecule has 0 radical (unpaired) electrons. The number of carbonyl (C=O) groups is 2. The molecule has 12 heteroatoms. The number of carbonyl (C=O) groups excluding carboxylic acids is 2. The van der Waals surface area contributed by atoms with Crippen LogP contribution in [0, 0.1) is 11.6 Å². The number of anilines is 2. The maximum atomic E-state index is 14.1. The summed E-state index contributed by atoms with van der Waals surface area (Å²) in [5.74, 6) is -3.16. The standard InChI is InChI=1S/C17H12ClF5N4O2/c18-10-3-7(17(21,22)23)6-24-13(10)15(28)27-16(29)26-14-11(20)4-8(19)5-12(14)25-9-1-2-9/h3-6,9,25H,1-2H2,(H2,26,27,28,29). The van der Waals surface area contributed by atoms with Gasteiger partial charge in [-0.2, -0.15) is 13.2 Å². The van der Waals surface area contributed by atoms with Crippen LogP contribution in [0.15, 0.2) is 24.4 Å². The molecule has 0 atom stereocenters. The van der Waals surface area contributed by atoms with E-state index in [9.17, 15) is 31.5 Å². The third-order valence-corrected chi connectivity index (χ3v) is 4.13. The van der Waals surface area contributed by atoms with Crippen molar-refractivity contribution in [3.63, 3.8) is 0 Å². The van der Waals surface area contributed by atoms with Gasteiger partial charge in [-0.1, -0.05) is 11.6 Å². The lowest BCUT2D eigenvalue weighted by atomic mass is 10.2. The third kappa shape index (κ3) is 5.11. The average Bonchev–Trinajstić information content (AvgIpc) is 3.41. The van der Waals surface area contributed by atoms with Crippen LogP contribution in [-0.4, -0.2) is 23.0 Å². The van der Waals surface area contributed by atoms with Crippen molar-refractivity contribution in [1.29, 1.82) is 0 Å². The van der Waals surface area contributed by atoms with E-state index in [0.29, 0.717) is 18.3 Å². The molecule has 29 heavy (non-hydrogen) atoms. The highest BCUT2D eigenvalue weighted by Gasteiger charge is 2.32. The molecule has 0 spiro atoms. The molecule has 1 aromatic heterocycles. The number of imide groups is 1. The molecular weight excluding hydrogens is 423 g/mol. The first-order valence-corrected chi connectivity index (χ1v) is 8.53. The highest BCUT2D eigenvalue weighted by molar-refractivity contribution is 6.34. The SMILES string of the molecule is O=C(NC(=O)c1ncc(C(F)(F)F)cc1Cl)Nc1c(F)cc(F)cc1NC1CC1. The van der Waals surface area contributed by atoms with E-state index in [1.807, 2.05) is 0 Å². The second-order valence-electron chi connectivity index (χ2n) is 6.19. The van der Waals surface area contributed by atoms with Crippen molar-refractivity contribution in [2.75, 3.05) is 10.6 Å². The van der Waals surface area contributed by atoms with E-state index in [0.717, 1.165) is 18.9 Å². The molecule has 3 rings (SSSR count). The van der Waals surface area contributed by atoms with Crippen LogP contribution in [0.3, 0.4) is 0 Å². The van der Waals surface area contributed by atoms with Crippen LogP contribution in [0.2, 0.25) is 5.02 Å². The third-order valence-electron chi connectivity index (χ3n) is 3.84. The first-order valence-electron chi connectivity index (χ1n) is 8.15. The van der Waals surface area contributed by atoms with Crippen molar-refractivity contribution in [3.8, 4) is 0 Å². The van der Waals surface area contributed by atoms with Crippen LogP contribution in [0.1, 0.15) is 28.9 Å². The van der Waals surface area contributed by atoms with Gasteiger partial charge in [-0.25, -0.2) is 18.6 Å². The number of alkyl halides is 3. The van der Waals surface area contributed by atoms with Crippen LogP contribution in [-0.2, 0) is 6.18 Å². The number of amides is 3. The van der Waals surface area contributed by atoms with Gasteiger partial charge in [0.05, 0.1) is 16.3 Å². The fourth-order valence-electron chi connectivity index (χ4n) is 2.33. The predicted molar refractivity (Wildman–Crippen MR) is 93.7 cm³/mol. The molecule has 2 aromatic rings. The molecule has 154 valence electrons. The quantitative estimate of drug-likeness (QED) is 0.616. The summed E-state index contributed by atoms with van der Waals surface area (Å²) in [5.41, 5.74) is -2.22. The Bertz CT molecular complexity index is 979. The second-order valence-corrected chi connectivity index (χ2v) is 6.60. The summed E-state index contributed by atoms with van der Waals surface area (Å²) in [6.45, 7) is 0. The highest BCUT2D eigenvalue weighted by Crippen LogP contribution is 2.33. The minimum atomic E-state index is -4.71. The minimum Gasteiger partial charge on any atom is -0.380 e. The predicted octanol–water partition coefficient (Wildman–Crippen LogP) is 4.57. The second kappa shape index (κ2) is 7.82. The maximum absolute atomic E-state index is 14.1. The fourth-order valence-corrected chi connectivity index (χ4v) is 2.58. The average molecular weight is 435 g/mol. The number of pyridine rings is 1. The van der Waals surface area contributed by atoms with Gasteiger partial charge in [0.25, 0.3) is 5.91 Å². The molecule has 1 aliphatic rings. The van der Waals surface area contributed by atoms with Crippen LogP contribution >= 0.6 is 11.6 Å². The van der Waals surface area contributed by atoms with Gasteiger partial charge in [-0.3, -0.25) is 10.1 Å². The summed E-state index contributed by atoms with van der Waals surface area (Å²) in [6, 6.07) is 0.809. The van der Waals surface area contributed by atoms with Crippen LogP contribution in [0.4, 0.5) is 38.1 Å². The van der Waals surface area contributed by atoms with Crippen LogP contribution in [0.25, 0.3) is 0 Å². The van der Waals surface area contributed by atoms with Gasteiger partial charge in [-0.05, 0) is 25.0 Å². The molecule has 1 heterocycles. The van der Waals surface area contributed by atoms with E-state index in [2.05, 4.69) is 15.6 Å². The smallest absolute Gasteiger partial charge is 0.380 e. The molecule has 6 nitrogen and oxygen atoms in total. The number of halogens is 6. The Morgan fingerprint density at radius 1 is 1.14 bits per heavy atom. The summed E-state index contributed by atoms with van der Waals surface area (Å²) in [6.07, 6.45) is -2.75. The molecule has 3 amide bonds. The van der Waals surface area contributed by atoms with Crippen molar-refractivity contribution in [2.45, 2.75) is 25.1 Å². The zero-order valence-corrected chi connectivity index (χ0v) is 15.1. The largest absolute Gasteiger partial charge is 0.417 e. The van der Waals surface area contributed by atoms with Crippen molar-refractivity contribution < 1.29 is 31.5 Å². The summed E-state index contributed by atoms with van der Waals surface area (Å²) in [5, 5.41) is 6.05. The van der Waals surface area contributed by atoms with Crippen LogP contribution in [0.5, 0.6) is 0 Å². The van der Waals surface area contributed by atoms with Crippen molar-refractivity contribution in [3.05, 3.63) is 52.3 Å². The number of hydrogen-bond acceptors (Lipinski definition) is 4. The van der Waals surface area contributed by atoms with Gasteiger partial charge in [-0.15, -0.1) is 0 Å². The number of aromatic nitrogens is 1. The molecule has 1 aromatic carbocycles. The number of urea groups is 1. The highest BCUT2D eigenvalue weighted by atomic mass is 35.5. The lowest BCUT2D eigenvalue weighted by Gasteiger charge is -2.14. The molecular formula is C17H12ClF5N4O2. The lowest BCUT2D eigenvalue weighted by molar-refractivity contribution is -0.137. The number of nitrogens with one attached hydrogen (secondary N) is 3. The molecule has 1 saturated carbocycles. The zero-order valence-electron chi connectivity index (χ0n) is 14.3. The van der Waals surface area contributed by atoms with Gasteiger partial charge in [0.2, 0.25) is 0 Å². The first kappa shape index (κ1) is 20.8. The van der Waals surface area contributed by atoms with E-state index in [1.165, 1.54) is 0 Å². The molecule has 0 unspecified atom stereocenters. The van der Waals surface area contributed by atoms with Gasteiger partial charge >= 0.3 is 12.2 Å². The van der Waals surface area contributed by atoms with Crippen molar-refractivity contribution >= 4 is 34.9 Å². The molecule has 1 fully saturated rings. The molecule has 0 bridgehead atoms. The molecule has 0 aliphatic heterocycles. The number of hydrogen-bond donors (Lipinski definition) is 3. The first-order chi connectivity index (χ1) is 13.5. The van der Waals surface area contributed by atoms with Gasteiger partial charge in [0.15, 0.2) is 5.82 Å². The van der Waals surface area contributed by atoms with Gasteiger partial charge in [0.1, 0.15) is 17.2 Å². The Hall–Kier alpha value is -2.95. The van der Waals surface area contributed by atoms with E-state index >= 15 is 0 Å². The van der Waals surface area contributed by atoms with Crippen LogP contribution < -0.4 is 16.0 Å². The molecule has 1 aliphatic carbocycles. The minimum absolute atomic E-state index is 0.0107. The summed E-state index contributed by atoms with van der Waals surface area (Å²) in [4.78, 5) is 27.4. The molecule has 3 N–H and O–H groups in total. The topological polar surface area (TPSA) is 83.1 Å². The zero-order chi connectivity index (χ0) is 21.3. The molecule has 0 saturated heterocycles. The lowest BCUT2D eigenvalue weighted by Crippen LogP contribution is -2.35. The van der Waals surface area contributed by atoms with Crippen molar-refractivity contribution in [2.24, 2.45) is 0 Å². The van der Waals surface area contributed by atoms with Gasteiger partial charge in [0, 0.05) is 18.3 Å². The monoisotopic (exact) mass is 434 g/mol. The number of benzene rings is 1. The summed E-state index contributed by atoms with van der Waals surface area (Å²) < 4.78 is 65.4. The Labute approximate surface area is 165 Å². The normalized spacial score (nSPS) is 13.7. The Morgan fingerprint density at radius 2 is 1.83 bits per heavy atom. The van der Waals surface area contributed by atoms with E-state index in [1.54, 1.807) is 5.32 Å². The Kier molecular flexibility index (Phi) is 5.60. The maximum Gasteiger partial charge on any atom is 0.417 e.